The van der Waals surface area contributed by atoms with Crippen LogP contribution in [0.5, 0.6) is 5.75 Å². The Morgan fingerprint density at radius 1 is 0.977 bits per heavy atom. The van der Waals surface area contributed by atoms with Gasteiger partial charge in [-0.05, 0) is 61.2 Å². The molecular formula is C34H41N3O4S2. The Labute approximate surface area is 264 Å². The molecule has 7 nitrogen and oxygen atoms in total. The third-order valence-electron chi connectivity index (χ3n) is 7.16. The summed E-state index contributed by atoms with van der Waals surface area (Å²) >= 11 is 6.95. The van der Waals surface area contributed by atoms with E-state index in [1.807, 2.05) is 71.6 Å². The number of nitrogens with zero attached hydrogens (tertiary/aromatic N) is 3. The summed E-state index contributed by atoms with van der Waals surface area (Å²) in [5.74, 6) is 0.494. The van der Waals surface area contributed by atoms with E-state index in [2.05, 4.69) is 13.8 Å². The Balaban J connectivity index is 1.40. The molecule has 3 aromatic rings. The van der Waals surface area contributed by atoms with Crippen molar-refractivity contribution in [1.82, 2.24) is 14.7 Å². The van der Waals surface area contributed by atoms with Gasteiger partial charge in [0.2, 0.25) is 0 Å². The second kappa shape index (κ2) is 16.4. The summed E-state index contributed by atoms with van der Waals surface area (Å²) in [5, 5.41) is 13.6. The molecule has 43 heavy (non-hydrogen) atoms. The van der Waals surface area contributed by atoms with Gasteiger partial charge in [-0.2, -0.15) is 5.10 Å². The van der Waals surface area contributed by atoms with Crippen molar-refractivity contribution in [2.75, 3.05) is 13.2 Å². The fraction of sp³-hybridized carbons (Fsp3) is 0.412. The van der Waals surface area contributed by atoms with E-state index in [0.29, 0.717) is 28.3 Å². The third kappa shape index (κ3) is 9.79. The van der Waals surface area contributed by atoms with Gasteiger partial charge in [0.25, 0.3) is 5.91 Å². The Morgan fingerprint density at radius 2 is 1.63 bits per heavy atom. The Bertz CT molecular complexity index is 1400. The van der Waals surface area contributed by atoms with Crippen LogP contribution in [0.15, 0.2) is 65.7 Å². The zero-order valence-corrected chi connectivity index (χ0v) is 26.7. The van der Waals surface area contributed by atoms with Gasteiger partial charge >= 0.3 is 5.97 Å². The molecule has 1 aliphatic heterocycles. The van der Waals surface area contributed by atoms with Gasteiger partial charge in [-0.15, -0.1) is 0 Å². The lowest BCUT2D eigenvalue weighted by Gasteiger charge is -2.14. The van der Waals surface area contributed by atoms with Crippen LogP contribution in [0.3, 0.4) is 0 Å². The highest BCUT2D eigenvalue weighted by molar-refractivity contribution is 8.26. The van der Waals surface area contributed by atoms with E-state index in [4.69, 9.17) is 27.2 Å². The predicted octanol–water partition coefficient (Wildman–Crippen LogP) is 8.37. The highest BCUT2D eigenvalue weighted by Crippen LogP contribution is 2.35. The maximum atomic E-state index is 13.4. The van der Waals surface area contributed by atoms with Crippen LogP contribution < -0.4 is 4.74 Å². The van der Waals surface area contributed by atoms with E-state index in [9.17, 15) is 9.59 Å². The number of carbonyl (C=O) groups is 2. The number of benzene rings is 2. The number of aliphatic carboxylic acids is 1. The second-order valence-electron chi connectivity index (χ2n) is 11.2. The maximum Gasteiger partial charge on any atom is 0.303 e. The van der Waals surface area contributed by atoms with Crippen LogP contribution in [-0.2, 0) is 9.59 Å². The van der Waals surface area contributed by atoms with Crippen molar-refractivity contribution >= 4 is 46.3 Å². The number of hydrogen-bond acceptors (Lipinski definition) is 6. The number of carboxylic acid groups (broad SMARTS) is 1. The molecule has 228 valence electrons. The fourth-order valence-corrected chi connectivity index (χ4v) is 6.14. The van der Waals surface area contributed by atoms with Crippen LogP contribution in [0, 0.1) is 5.92 Å². The summed E-state index contributed by atoms with van der Waals surface area (Å²) < 4.78 is 8.31. The number of carbonyl (C=O) groups excluding carboxylic acids is 1. The topological polar surface area (TPSA) is 84.7 Å². The molecule has 1 N–H and O–H groups in total. The van der Waals surface area contributed by atoms with E-state index in [-0.39, 0.29) is 12.3 Å². The molecule has 1 amide bonds. The van der Waals surface area contributed by atoms with Crippen molar-refractivity contribution in [3.05, 3.63) is 71.3 Å². The number of amides is 1. The standard InChI is InChI=1S/C34H41N3O4S2/c1-25(2)24-41-29-19-17-26(18-20-29)32-27(23-37(35-32)28-14-10-9-11-15-28)22-30-33(40)36(34(42)43-30)21-13-8-6-4-3-5-7-12-16-31(38)39/h9-11,14-15,17-20,22-23,25H,3-8,12-13,16,21,24H2,1-2H3,(H,38,39). The first kappa shape index (κ1) is 32.5. The molecule has 0 atom stereocenters. The SMILES string of the molecule is CC(C)COc1ccc(-c2nn(-c3ccccc3)cc2C=C2SC(=S)N(CCCCCCCCCCC(=O)O)C2=O)cc1. The minimum Gasteiger partial charge on any atom is -0.493 e. The molecule has 0 spiro atoms. The number of thioether (sulfide) groups is 1. The van der Waals surface area contributed by atoms with Crippen LogP contribution in [0.1, 0.15) is 77.2 Å². The quantitative estimate of drug-likeness (QED) is 0.0923. The number of para-hydroxylation sites is 1. The lowest BCUT2D eigenvalue weighted by atomic mass is 10.1. The summed E-state index contributed by atoms with van der Waals surface area (Å²) in [6, 6.07) is 17.9. The van der Waals surface area contributed by atoms with Gasteiger partial charge in [0, 0.05) is 30.3 Å². The first-order valence-electron chi connectivity index (χ1n) is 15.2. The van der Waals surface area contributed by atoms with E-state index >= 15 is 0 Å². The average Bonchev–Trinajstić information content (AvgIpc) is 3.53. The Morgan fingerprint density at radius 3 is 2.28 bits per heavy atom. The zero-order chi connectivity index (χ0) is 30.6. The molecule has 0 unspecified atom stereocenters. The molecule has 1 saturated heterocycles. The van der Waals surface area contributed by atoms with Gasteiger partial charge in [0.15, 0.2) is 0 Å². The summed E-state index contributed by atoms with van der Waals surface area (Å²) in [6.45, 7) is 5.52. The molecule has 0 aliphatic carbocycles. The smallest absolute Gasteiger partial charge is 0.303 e. The monoisotopic (exact) mass is 619 g/mol. The minimum absolute atomic E-state index is 0.0516. The minimum atomic E-state index is -0.717. The summed E-state index contributed by atoms with van der Waals surface area (Å²) in [5.41, 5.74) is 3.51. The molecule has 4 rings (SSSR count). The number of unbranched alkanes of at least 4 members (excludes halogenated alkanes) is 7. The zero-order valence-electron chi connectivity index (χ0n) is 25.0. The summed E-state index contributed by atoms with van der Waals surface area (Å²) in [4.78, 5) is 26.3. The number of aromatic nitrogens is 2. The normalized spacial score (nSPS) is 14.3. The van der Waals surface area contributed by atoms with Gasteiger partial charge in [-0.25, -0.2) is 4.68 Å². The van der Waals surface area contributed by atoms with Crippen molar-refractivity contribution in [1.29, 1.82) is 0 Å². The van der Waals surface area contributed by atoms with E-state index in [1.165, 1.54) is 11.8 Å². The van der Waals surface area contributed by atoms with Gasteiger partial charge in [-0.3, -0.25) is 14.5 Å². The molecule has 0 saturated carbocycles. The highest BCUT2D eigenvalue weighted by atomic mass is 32.2. The van der Waals surface area contributed by atoms with Crippen molar-refractivity contribution in [3.8, 4) is 22.7 Å². The van der Waals surface area contributed by atoms with Crippen molar-refractivity contribution in [2.45, 2.75) is 71.6 Å². The van der Waals surface area contributed by atoms with Gasteiger partial charge in [0.1, 0.15) is 10.1 Å². The largest absolute Gasteiger partial charge is 0.493 e. The van der Waals surface area contributed by atoms with Gasteiger partial charge in [0.05, 0.1) is 22.9 Å². The summed E-state index contributed by atoms with van der Waals surface area (Å²) in [6.07, 6.45) is 12.2. The van der Waals surface area contributed by atoms with E-state index < -0.39 is 5.97 Å². The maximum absolute atomic E-state index is 13.4. The number of rotatable bonds is 17. The fourth-order valence-electron chi connectivity index (χ4n) is 4.84. The van der Waals surface area contributed by atoms with Gasteiger partial charge < -0.3 is 9.84 Å². The Hall–Kier alpha value is -3.43. The summed E-state index contributed by atoms with van der Waals surface area (Å²) in [7, 11) is 0. The highest BCUT2D eigenvalue weighted by Gasteiger charge is 2.32. The van der Waals surface area contributed by atoms with E-state index in [1.54, 1.807) is 4.90 Å². The molecule has 1 aromatic heterocycles. The molecule has 1 fully saturated rings. The number of thiocarbonyl (C=S) groups is 1. The third-order valence-corrected chi connectivity index (χ3v) is 8.53. The first-order chi connectivity index (χ1) is 20.8. The van der Waals surface area contributed by atoms with Crippen LogP contribution >= 0.6 is 24.0 Å². The average molecular weight is 620 g/mol. The molecule has 0 bridgehead atoms. The number of ether oxygens (including phenoxy) is 1. The van der Waals surface area contributed by atoms with Crippen LogP contribution in [-0.4, -0.2) is 49.1 Å². The molecule has 0 radical (unpaired) electrons. The van der Waals surface area contributed by atoms with Crippen molar-refractivity contribution < 1.29 is 19.4 Å². The van der Waals surface area contributed by atoms with Crippen LogP contribution in [0.2, 0.25) is 0 Å². The Kier molecular flexibility index (Phi) is 12.4. The van der Waals surface area contributed by atoms with Crippen molar-refractivity contribution in [3.63, 3.8) is 0 Å². The van der Waals surface area contributed by atoms with Crippen LogP contribution in [0.25, 0.3) is 23.0 Å². The molecule has 2 heterocycles. The number of hydrogen-bond donors (Lipinski definition) is 1. The predicted molar refractivity (Wildman–Crippen MR) is 178 cm³/mol. The lowest BCUT2D eigenvalue weighted by Crippen LogP contribution is -2.29. The van der Waals surface area contributed by atoms with Crippen LogP contribution in [0.4, 0.5) is 0 Å². The first-order valence-corrected chi connectivity index (χ1v) is 16.4. The van der Waals surface area contributed by atoms with E-state index in [0.717, 1.165) is 79.6 Å². The van der Waals surface area contributed by atoms with Crippen molar-refractivity contribution in [2.24, 2.45) is 5.92 Å². The number of carboxylic acids is 1. The lowest BCUT2D eigenvalue weighted by molar-refractivity contribution is -0.137. The second-order valence-corrected chi connectivity index (χ2v) is 12.9. The molecule has 9 heteroatoms. The van der Waals surface area contributed by atoms with Gasteiger partial charge in [-0.1, -0.05) is 94.6 Å². The molecule has 2 aromatic carbocycles. The molecular weight excluding hydrogens is 579 g/mol. The molecule has 1 aliphatic rings.